The van der Waals surface area contributed by atoms with Crippen molar-refractivity contribution >= 4 is 57.1 Å². The maximum atomic E-state index is 12.4. The SMILES string of the molecule is COc1cc(C=C2C(=O)N(C)C(=S)N(C)C2=O)cc(Br)c1OCC(=O)O. The van der Waals surface area contributed by atoms with Crippen LogP contribution in [0.5, 0.6) is 11.5 Å². The number of carboxylic acids is 1. The Balaban J connectivity index is 2.45. The average molecular weight is 443 g/mol. The topological polar surface area (TPSA) is 96.4 Å². The zero-order chi connectivity index (χ0) is 19.6. The monoisotopic (exact) mass is 442 g/mol. The second kappa shape index (κ2) is 7.83. The molecule has 26 heavy (non-hydrogen) atoms. The molecular formula is C16H15BrN2O6S. The molecule has 0 spiro atoms. The van der Waals surface area contributed by atoms with Crippen molar-refractivity contribution in [1.29, 1.82) is 0 Å². The molecule has 10 heteroatoms. The lowest BCUT2D eigenvalue weighted by Crippen LogP contribution is -2.52. The quantitative estimate of drug-likeness (QED) is 0.419. The number of nitrogens with zero attached hydrogens (tertiary/aromatic N) is 2. The molecule has 1 heterocycles. The molecule has 1 aromatic carbocycles. The summed E-state index contributed by atoms with van der Waals surface area (Å²) in [6.07, 6.45) is 1.41. The molecule has 1 fully saturated rings. The van der Waals surface area contributed by atoms with Gasteiger partial charge in [0.25, 0.3) is 11.8 Å². The van der Waals surface area contributed by atoms with E-state index in [1.807, 2.05) is 0 Å². The summed E-state index contributed by atoms with van der Waals surface area (Å²) in [6, 6.07) is 3.11. The first-order valence-corrected chi connectivity index (χ1v) is 8.41. The maximum Gasteiger partial charge on any atom is 0.341 e. The van der Waals surface area contributed by atoms with Crippen molar-refractivity contribution in [3.63, 3.8) is 0 Å². The number of thiocarbonyl (C=S) groups is 1. The predicted octanol–water partition coefficient (Wildman–Crippen LogP) is 1.52. The number of likely N-dealkylation sites (N-methyl/N-ethyl adjacent to an activating group) is 2. The predicted molar refractivity (Wildman–Crippen MR) is 99.9 cm³/mol. The third kappa shape index (κ3) is 3.86. The van der Waals surface area contributed by atoms with E-state index in [-0.39, 0.29) is 22.2 Å². The Kier molecular flexibility index (Phi) is 5.98. The number of rotatable bonds is 5. The van der Waals surface area contributed by atoms with Crippen molar-refractivity contribution in [3.8, 4) is 11.5 Å². The molecule has 0 radical (unpaired) electrons. The van der Waals surface area contributed by atoms with E-state index in [2.05, 4.69) is 15.9 Å². The number of carboxylic acid groups (broad SMARTS) is 1. The first kappa shape index (κ1) is 19.9. The average Bonchev–Trinajstić information content (AvgIpc) is 2.60. The molecule has 0 saturated carbocycles. The first-order valence-electron chi connectivity index (χ1n) is 7.21. The molecule has 0 atom stereocenters. The van der Waals surface area contributed by atoms with Gasteiger partial charge < -0.3 is 14.6 Å². The van der Waals surface area contributed by atoms with Gasteiger partial charge in [-0.15, -0.1) is 0 Å². The molecule has 1 aliphatic rings. The van der Waals surface area contributed by atoms with E-state index >= 15 is 0 Å². The fraction of sp³-hybridized carbons (Fsp3) is 0.250. The van der Waals surface area contributed by atoms with Gasteiger partial charge >= 0.3 is 5.97 Å². The number of carbonyl (C=O) groups excluding carboxylic acids is 2. The van der Waals surface area contributed by atoms with E-state index in [0.717, 1.165) is 0 Å². The van der Waals surface area contributed by atoms with Crippen molar-refractivity contribution in [2.75, 3.05) is 27.8 Å². The second-order valence-corrected chi connectivity index (χ2v) is 6.50. The van der Waals surface area contributed by atoms with Crippen LogP contribution in [0.3, 0.4) is 0 Å². The van der Waals surface area contributed by atoms with E-state index in [4.69, 9.17) is 26.8 Å². The molecule has 8 nitrogen and oxygen atoms in total. The van der Waals surface area contributed by atoms with Gasteiger partial charge in [0, 0.05) is 14.1 Å². The number of halogens is 1. The zero-order valence-electron chi connectivity index (χ0n) is 14.1. The Morgan fingerprint density at radius 1 is 1.27 bits per heavy atom. The lowest BCUT2D eigenvalue weighted by Gasteiger charge is -2.31. The molecule has 0 bridgehead atoms. The number of ether oxygens (including phenoxy) is 2. The smallest absolute Gasteiger partial charge is 0.341 e. The molecule has 0 unspecified atom stereocenters. The van der Waals surface area contributed by atoms with Crippen LogP contribution in [0.25, 0.3) is 6.08 Å². The highest BCUT2D eigenvalue weighted by Crippen LogP contribution is 2.37. The molecule has 2 amide bonds. The van der Waals surface area contributed by atoms with Crippen molar-refractivity contribution in [2.24, 2.45) is 0 Å². The van der Waals surface area contributed by atoms with Gasteiger partial charge in [-0.05, 0) is 51.9 Å². The molecular weight excluding hydrogens is 428 g/mol. The second-order valence-electron chi connectivity index (χ2n) is 5.29. The minimum Gasteiger partial charge on any atom is -0.493 e. The normalized spacial score (nSPS) is 14.6. The lowest BCUT2D eigenvalue weighted by atomic mass is 10.1. The molecule has 0 aliphatic carbocycles. The molecule has 138 valence electrons. The van der Waals surface area contributed by atoms with Crippen LogP contribution < -0.4 is 9.47 Å². The van der Waals surface area contributed by atoms with Gasteiger partial charge in [-0.25, -0.2) is 4.79 Å². The summed E-state index contributed by atoms with van der Waals surface area (Å²) in [7, 11) is 4.37. The maximum absolute atomic E-state index is 12.4. The van der Waals surface area contributed by atoms with Crippen LogP contribution in [0, 0.1) is 0 Å². The number of aliphatic carboxylic acids is 1. The summed E-state index contributed by atoms with van der Waals surface area (Å²) < 4.78 is 10.8. The zero-order valence-corrected chi connectivity index (χ0v) is 16.5. The number of hydrogen-bond donors (Lipinski definition) is 1. The van der Waals surface area contributed by atoms with Gasteiger partial charge in [0.05, 0.1) is 11.6 Å². The Labute approximate surface area is 163 Å². The number of amides is 2. The summed E-state index contributed by atoms with van der Waals surface area (Å²) in [5, 5.41) is 8.86. The van der Waals surface area contributed by atoms with Crippen LogP contribution in [0.1, 0.15) is 5.56 Å². The summed E-state index contributed by atoms with van der Waals surface area (Å²) >= 11 is 8.32. The fourth-order valence-corrected chi connectivity index (χ4v) is 2.98. The van der Waals surface area contributed by atoms with Crippen molar-refractivity contribution in [3.05, 3.63) is 27.7 Å². The van der Waals surface area contributed by atoms with Crippen LogP contribution in [0.15, 0.2) is 22.2 Å². The van der Waals surface area contributed by atoms with Gasteiger partial charge in [-0.1, -0.05) is 0 Å². The highest BCUT2D eigenvalue weighted by molar-refractivity contribution is 9.10. The van der Waals surface area contributed by atoms with Gasteiger partial charge in [0.2, 0.25) is 0 Å². The van der Waals surface area contributed by atoms with Crippen LogP contribution in [-0.2, 0) is 14.4 Å². The summed E-state index contributed by atoms with van der Waals surface area (Å²) in [5.41, 5.74) is 0.430. The number of hydrogen-bond acceptors (Lipinski definition) is 6. The summed E-state index contributed by atoms with van der Waals surface area (Å²) in [6.45, 7) is -0.542. The molecule has 2 rings (SSSR count). The molecule has 1 saturated heterocycles. The Bertz CT molecular complexity index is 812. The van der Waals surface area contributed by atoms with Gasteiger partial charge in [-0.3, -0.25) is 19.4 Å². The van der Waals surface area contributed by atoms with Crippen LogP contribution in [-0.4, -0.2) is 65.6 Å². The largest absolute Gasteiger partial charge is 0.493 e. The third-order valence-corrected chi connectivity index (χ3v) is 4.68. The van der Waals surface area contributed by atoms with Crippen molar-refractivity contribution in [2.45, 2.75) is 0 Å². The van der Waals surface area contributed by atoms with Crippen molar-refractivity contribution < 1.29 is 29.0 Å². The minimum absolute atomic E-state index is 0.0586. The van der Waals surface area contributed by atoms with Crippen LogP contribution in [0.2, 0.25) is 0 Å². The van der Waals surface area contributed by atoms with E-state index < -0.39 is 24.4 Å². The highest BCUT2D eigenvalue weighted by atomic mass is 79.9. The Morgan fingerprint density at radius 3 is 2.35 bits per heavy atom. The standard InChI is InChI=1S/C16H15BrN2O6S/c1-18-14(22)9(15(23)19(2)16(18)26)4-8-5-10(17)13(11(6-8)24-3)25-7-12(20)21/h4-6H,7H2,1-3H3,(H,20,21). The Morgan fingerprint density at radius 2 is 1.85 bits per heavy atom. The number of methoxy groups -OCH3 is 1. The minimum atomic E-state index is -1.13. The van der Waals surface area contributed by atoms with Gasteiger partial charge in [0.15, 0.2) is 23.2 Å². The fourth-order valence-electron chi connectivity index (χ4n) is 2.24. The van der Waals surface area contributed by atoms with E-state index in [1.165, 1.54) is 43.1 Å². The summed E-state index contributed by atoms with van der Waals surface area (Å²) in [5.74, 6) is -1.71. The van der Waals surface area contributed by atoms with Crippen molar-refractivity contribution in [1.82, 2.24) is 9.80 Å². The molecule has 0 aromatic heterocycles. The lowest BCUT2D eigenvalue weighted by molar-refractivity contribution is -0.139. The van der Waals surface area contributed by atoms with E-state index in [1.54, 1.807) is 6.07 Å². The molecule has 1 aromatic rings. The van der Waals surface area contributed by atoms with Gasteiger partial charge in [-0.2, -0.15) is 0 Å². The van der Waals surface area contributed by atoms with Gasteiger partial charge in [0.1, 0.15) is 5.57 Å². The summed E-state index contributed by atoms with van der Waals surface area (Å²) in [4.78, 5) is 37.8. The first-order chi connectivity index (χ1) is 12.2. The van der Waals surface area contributed by atoms with Crippen LogP contribution in [0.4, 0.5) is 0 Å². The molecule has 1 N–H and O–H groups in total. The number of benzene rings is 1. The van der Waals surface area contributed by atoms with E-state index in [9.17, 15) is 14.4 Å². The number of carbonyl (C=O) groups is 3. The Hall–Kier alpha value is -2.46. The van der Waals surface area contributed by atoms with Crippen LogP contribution >= 0.6 is 28.1 Å². The van der Waals surface area contributed by atoms with E-state index in [0.29, 0.717) is 10.0 Å². The third-order valence-electron chi connectivity index (χ3n) is 3.55. The highest BCUT2D eigenvalue weighted by Gasteiger charge is 2.35. The molecule has 1 aliphatic heterocycles.